The lowest BCUT2D eigenvalue weighted by Gasteiger charge is -2.33. The Morgan fingerprint density at radius 2 is 2.25 bits per heavy atom. The molecule has 0 spiro atoms. The summed E-state index contributed by atoms with van der Waals surface area (Å²) in [5.74, 6) is 2.00. The van der Waals surface area contributed by atoms with Crippen molar-refractivity contribution >= 4 is 0 Å². The average molecular weight is 110 g/mol. The van der Waals surface area contributed by atoms with Crippen LogP contribution in [0.4, 0.5) is 0 Å². The Balaban J connectivity index is 2.06. The summed E-state index contributed by atoms with van der Waals surface area (Å²) in [6.45, 7) is 0. The summed E-state index contributed by atoms with van der Waals surface area (Å²) in [5, 5.41) is 0. The molecule has 4 fully saturated rings. The van der Waals surface area contributed by atoms with Gasteiger partial charge in [-0.05, 0) is 25.2 Å². The van der Waals surface area contributed by atoms with Crippen LogP contribution < -0.4 is 0 Å². The van der Waals surface area contributed by atoms with Gasteiger partial charge in [-0.2, -0.15) is 0 Å². The van der Waals surface area contributed by atoms with Crippen LogP contribution in [0.5, 0.6) is 0 Å². The maximum Gasteiger partial charge on any atom is 0.0661 e. The molecule has 0 amide bonds. The highest BCUT2D eigenvalue weighted by molar-refractivity contribution is 5.06. The molecule has 4 bridgehead atoms. The standard InChI is InChI=1S/C7H10O/c1-2-5-6-3-4(1)7(5)8-6/h4-7H,1-3H2. The number of ether oxygens (including phenoxy) is 1. The highest BCUT2D eigenvalue weighted by Crippen LogP contribution is 2.56. The zero-order chi connectivity index (χ0) is 5.14. The summed E-state index contributed by atoms with van der Waals surface area (Å²) in [6.07, 6.45) is 5.79. The third-order valence-corrected chi connectivity index (χ3v) is 3.10. The van der Waals surface area contributed by atoms with Crippen molar-refractivity contribution in [2.75, 3.05) is 0 Å². The van der Waals surface area contributed by atoms with E-state index in [2.05, 4.69) is 0 Å². The molecule has 0 aromatic rings. The smallest absolute Gasteiger partial charge is 0.0661 e. The van der Waals surface area contributed by atoms with Gasteiger partial charge >= 0.3 is 0 Å². The first-order valence-electron chi connectivity index (χ1n) is 3.60. The van der Waals surface area contributed by atoms with Crippen molar-refractivity contribution in [2.24, 2.45) is 11.8 Å². The SMILES string of the molecule is C1CC2C3CC1C2O3. The maximum absolute atomic E-state index is 5.54. The predicted molar refractivity (Wildman–Crippen MR) is 29.5 cm³/mol. The Bertz CT molecular complexity index is 122. The molecule has 1 nitrogen and oxygen atoms in total. The van der Waals surface area contributed by atoms with E-state index in [1.165, 1.54) is 19.3 Å². The van der Waals surface area contributed by atoms with Gasteiger partial charge in [-0.15, -0.1) is 0 Å². The second-order valence-corrected chi connectivity index (χ2v) is 3.38. The van der Waals surface area contributed by atoms with Crippen LogP contribution in [-0.2, 0) is 4.74 Å². The molecule has 2 aliphatic carbocycles. The Kier molecular flexibility index (Phi) is 0.472. The van der Waals surface area contributed by atoms with E-state index in [1.54, 1.807) is 0 Å². The van der Waals surface area contributed by atoms with E-state index in [1.807, 2.05) is 0 Å². The Morgan fingerprint density at radius 1 is 1.25 bits per heavy atom. The predicted octanol–water partition coefficient (Wildman–Crippen LogP) is 1.18. The largest absolute Gasteiger partial charge is 0.374 e. The van der Waals surface area contributed by atoms with Gasteiger partial charge in [-0.1, -0.05) is 0 Å². The van der Waals surface area contributed by atoms with Gasteiger partial charge < -0.3 is 4.74 Å². The maximum atomic E-state index is 5.54. The van der Waals surface area contributed by atoms with Crippen molar-refractivity contribution in [1.82, 2.24) is 0 Å². The molecular formula is C7H10O. The summed E-state index contributed by atoms with van der Waals surface area (Å²) in [6, 6.07) is 0. The molecule has 2 heterocycles. The van der Waals surface area contributed by atoms with Crippen molar-refractivity contribution < 1.29 is 4.74 Å². The minimum atomic E-state index is 0.721. The molecule has 4 aliphatic rings. The van der Waals surface area contributed by atoms with Gasteiger partial charge in [0.05, 0.1) is 12.2 Å². The van der Waals surface area contributed by atoms with E-state index >= 15 is 0 Å². The highest BCUT2D eigenvalue weighted by Gasteiger charge is 2.58. The first-order valence-corrected chi connectivity index (χ1v) is 3.60. The minimum Gasteiger partial charge on any atom is -0.374 e. The van der Waals surface area contributed by atoms with Crippen molar-refractivity contribution in [3.63, 3.8) is 0 Å². The first kappa shape index (κ1) is 3.89. The van der Waals surface area contributed by atoms with E-state index in [4.69, 9.17) is 4.74 Å². The molecule has 4 rings (SSSR count). The molecule has 0 N–H and O–H groups in total. The summed E-state index contributed by atoms with van der Waals surface area (Å²) in [4.78, 5) is 0. The van der Waals surface area contributed by atoms with Gasteiger partial charge in [0.1, 0.15) is 0 Å². The van der Waals surface area contributed by atoms with Crippen molar-refractivity contribution in [1.29, 1.82) is 0 Å². The third-order valence-electron chi connectivity index (χ3n) is 3.10. The van der Waals surface area contributed by atoms with Crippen LogP contribution in [0, 0.1) is 11.8 Å². The molecule has 44 valence electrons. The second-order valence-electron chi connectivity index (χ2n) is 3.38. The molecule has 2 aliphatic heterocycles. The van der Waals surface area contributed by atoms with Crippen molar-refractivity contribution in [3.8, 4) is 0 Å². The second kappa shape index (κ2) is 0.971. The fraction of sp³-hybridized carbons (Fsp3) is 1.00. The Hall–Kier alpha value is -0.0400. The van der Waals surface area contributed by atoms with Crippen LogP contribution in [0.25, 0.3) is 0 Å². The quantitative estimate of drug-likeness (QED) is 0.455. The van der Waals surface area contributed by atoms with Crippen LogP contribution >= 0.6 is 0 Å². The molecule has 8 heavy (non-hydrogen) atoms. The summed E-state index contributed by atoms with van der Waals surface area (Å²) in [5.41, 5.74) is 0. The molecule has 4 atom stereocenters. The van der Waals surface area contributed by atoms with Crippen LogP contribution in [0.15, 0.2) is 0 Å². The molecule has 4 unspecified atom stereocenters. The van der Waals surface area contributed by atoms with Crippen LogP contribution in [0.1, 0.15) is 19.3 Å². The number of hydrogen-bond donors (Lipinski definition) is 0. The lowest BCUT2D eigenvalue weighted by Crippen LogP contribution is -2.37. The summed E-state index contributed by atoms with van der Waals surface area (Å²) < 4.78 is 5.54. The van der Waals surface area contributed by atoms with Crippen LogP contribution in [0.2, 0.25) is 0 Å². The number of hydrogen-bond acceptors (Lipinski definition) is 1. The third kappa shape index (κ3) is 0.235. The van der Waals surface area contributed by atoms with Gasteiger partial charge in [0.2, 0.25) is 0 Å². The molecule has 1 heteroatoms. The average Bonchev–Trinajstić information content (AvgIpc) is 2.25. The fourth-order valence-electron chi connectivity index (χ4n) is 2.69. The molecule has 0 aromatic heterocycles. The fourth-order valence-corrected chi connectivity index (χ4v) is 2.69. The topological polar surface area (TPSA) is 9.23 Å². The molecule has 0 aromatic carbocycles. The molecule has 0 radical (unpaired) electrons. The molecule has 2 saturated heterocycles. The van der Waals surface area contributed by atoms with Crippen LogP contribution in [-0.4, -0.2) is 12.2 Å². The zero-order valence-electron chi connectivity index (χ0n) is 4.84. The zero-order valence-corrected chi connectivity index (χ0v) is 4.84. The lowest BCUT2D eigenvalue weighted by atomic mass is 9.96. The van der Waals surface area contributed by atoms with E-state index in [9.17, 15) is 0 Å². The van der Waals surface area contributed by atoms with Crippen LogP contribution in [0.3, 0.4) is 0 Å². The van der Waals surface area contributed by atoms with Gasteiger partial charge in [-0.25, -0.2) is 0 Å². The van der Waals surface area contributed by atoms with E-state index < -0.39 is 0 Å². The van der Waals surface area contributed by atoms with E-state index in [0.717, 1.165) is 24.0 Å². The van der Waals surface area contributed by atoms with Gasteiger partial charge in [0.25, 0.3) is 0 Å². The van der Waals surface area contributed by atoms with Gasteiger partial charge in [-0.3, -0.25) is 0 Å². The van der Waals surface area contributed by atoms with Gasteiger partial charge in [0, 0.05) is 5.92 Å². The Labute approximate surface area is 49.0 Å². The monoisotopic (exact) mass is 110 g/mol. The van der Waals surface area contributed by atoms with Gasteiger partial charge in [0.15, 0.2) is 0 Å². The summed E-state index contributed by atoms with van der Waals surface area (Å²) in [7, 11) is 0. The number of rotatable bonds is 0. The lowest BCUT2D eigenvalue weighted by molar-refractivity contribution is -0.122. The van der Waals surface area contributed by atoms with Crippen molar-refractivity contribution in [2.45, 2.75) is 31.5 Å². The Morgan fingerprint density at radius 3 is 2.62 bits per heavy atom. The first-order chi connectivity index (χ1) is 3.95. The van der Waals surface area contributed by atoms with E-state index in [-0.39, 0.29) is 0 Å². The molecular weight excluding hydrogens is 100 g/mol. The minimum absolute atomic E-state index is 0.721. The normalized spacial score (nSPS) is 66.0. The van der Waals surface area contributed by atoms with E-state index in [0.29, 0.717) is 0 Å². The molecule has 2 saturated carbocycles. The summed E-state index contributed by atoms with van der Waals surface area (Å²) >= 11 is 0. The van der Waals surface area contributed by atoms with Crippen molar-refractivity contribution in [3.05, 3.63) is 0 Å². The highest BCUT2D eigenvalue weighted by atomic mass is 16.5.